The molecule has 3 heterocycles. The van der Waals surface area contributed by atoms with E-state index in [2.05, 4.69) is 40.9 Å². The second kappa shape index (κ2) is 8.51. The predicted octanol–water partition coefficient (Wildman–Crippen LogP) is 4.13. The lowest BCUT2D eigenvalue weighted by Crippen LogP contribution is -2.19. The molecule has 0 saturated carbocycles. The fourth-order valence-corrected chi connectivity index (χ4v) is 3.34. The summed E-state index contributed by atoms with van der Waals surface area (Å²) in [6.45, 7) is 4.89. The fourth-order valence-electron chi connectivity index (χ4n) is 3.34. The number of imidazole rings is 1. The van der Waals surface area contributed by atoms with E-state index in [1.54, 1.807) is 13.4 Å². The summed E-state index contributed by atoms with van der Waals surface area (Å²) in [4.78, 5) is 12.0. The molecule has 1 unspecified atom stereocenters. The lowest BCUT2D eigenvalue weighted by atomic mass is 10.2. The molecule has 0 spiro atoms. The van der Waals surface area contributed by atoms with Gasteiger partial charge in [-0.25, -0.2) is 9.97 Å². The molecule has 1 aliphatic rings. The van der Waals surface area contributed by atoms with E-state index < -0.39 is 0 Å². The van der Waals surface area contributed by atoms with Crippen molar-refractivity contribution in [1.29, 1.82) is 5.41 Å². The van der Waals surface area contributed by atoms with E-state index in [-0.39, 0.29) is 17.6 Å². The van der Waals surface area contributed by atoms with E-state index in [0.29, 0.717) is 11.2 Å². The summed E-state index contributed by atoms with van der Waals surface area (Å²) >= 11 is 0. The number of hydrogen-bond acceptors (Lipinski definition) is 5. The minimum absolute atomic E-state index is 0.188. The van der Waals surface area contributed by atoms with Gasteiger partial charge in [-0.2, -0.15) is 0 Å². The molecule has 1 aliphatic heterocycles. The van der Waals surface area contributed by atoms with Gasteiger partial charge in [-0.1, -0.05) is 56.3 Å². The smallest absolute Gasteiger partial charge is 0.173 e. The topological polar surface area (TPSA) is 88.8 Å². The first kappa shape index (κ1) is 19.8. The minimum atomic E-state index is -0.333. The van der Waals surface area contributed by atoms with Crippen molar-refractivity contribution in [2.75, 3.05) is 7.11 Å². The van der Waals surface area contributed by atoms with Crippen LogP contribution in [0.1, 0.15) is 42.9 Å². The summed E-state index contributed by atoms with van der Waals surface area (Å²) < 4.78 is 12.7. The van der Waals surface area contributed by atoms with Crippen LogP contribution >= 0.6 is 0 Å². The zero-order valence-corrected chi connectivity index (χ0v) is 17.3. The van der Waals surface area contributed by atoms with Gasteiger partial charge in [0.25, 0.3) is 0 Å². The third-order valence-electron chi connectivity index (χ3n) is 4.91. The average Bonchev–Trinajstić information content (AvgIpc) is 3.36. The Kier molecular flexibility index (Phi) is 5.63. The number of ether oxygens (including phenoxy) is 2. The molecule has 154 valence electrons. The number of nitrogens with zero attached hydrogens (tertiary/aromatic N) is 3. The number of fused-ring (bicyclic) bond motifs is 3. The highest BCUT2D eigenvalue weighted by atomic mass is 16.5. The molecule has 2 aromatic carbocycles. The van der Waals surface area contributed by atoms with Crippen LogP contribution in [0.5, 0.6) is 5.75 Å². The quantitative estimate of drug-likeness (QED) is 0.536. The Labute approximate surface area is 174 Å². The number of H-pyrrole nitrogens is 1. The van der Waals surface area contributed by atoms with Crippen molar-refractivity contribution in [3.63, 3.8) is 0 Å². The molecule has 30 heavy (non-hydrogen) atoms. The molecule has 2 aromatic heterocycles. The number of hydrogen-bond donors (Lipinski definition) is 2. The number of nitrogens with one attached hydrogen (secondary N) is 2. The third-order valence-corrected chi connectivity index (χ3v) is 4.91. The predicted molar refractivity (Wildman–Crippen MR) is 114 cm³/mol. The summed E-state index contributed by atoms with van der Waals surface area (Å²) in [5, 5.41) is 7.98. The zero-order valence-electron chi connectivity index (χ0n) is 17.3. The summed E-state index contributed by atoms with van der Waals surface area (Å²) in [6, 6.07) is 18.0. The molecule has 0 fully saturated rings. The standard InChI is InChI=1S/C16H19N5O.C7H6O/c1-10(2)14-19-12-13(17)18-9-21(15(12)20-14)16(22-3)11-7-5-4-6-8-11;1-2-6-4-7(3-1)8-5-6/h4-10,16-17H,1-3H3,(H,19,20);1-4H,5H2. The lowest BCUT2D eigenvalue weighted by molar-refractivity contribution is 0.0804. The molecule has 0 saturated heterocycles. The van der Waals surface area contributed by atoms with E-state index in [0.717, 1.165) is 23.7 Å². The van der Waals surface area contributed by atoms with Crippen molar-refractivity contribution < 1.29 is 9.47 Å². The van der Waals surface area contributed by atoms with Crippen molar-refractivity contribution in [3.05, 3.63) is 83.4 Å². The maximum absolute atomic E-state index is 7.98. The van der Waals surface area contributed by atoms with Gasteiger partial charge in [-0.3, -0.25) is 9.98 Å². The van der Waals surface area contributed by atoms with Gasteiger partial charge in [0, 0.05) is 18.6 Å². The number of methoxy groups -OCH3 is 1. The van der Waals surface area contributed by atoms with E-state index in [1.165, 1.54) is 5.56 Å². The molecule has 7 nitrogen and oxygen atoms in total. The molecule has 0 radical (unpaired) electrons. The van der Waals surface area contributed by atoms with Gasteiger partial charge >= 0.3 is 0 Å². The molecular weight excluding hydrogens is 378 g/mol. The van der Waals surface area contributed by atoms with Crippen LogP contribution in [0.3, 0.4) is 0 Å². The SMILES string of the molecule is COC(c1ccccc1)n1cnc(=N)c2[nH]c(C(C)C)nc21.c1cc2cc(c1)OC2. The first-order chi connectivity index (χ1) is 14.6. The Bertz CT molecular complexity index is 1180. The second-order valence-corrected chi connectivity index (χ2v) is 7.41. The van der Waals surface area contributed by atoms with Crippen molar-refractivity contribution in [3.8, 4) is 5.75 Å². The molecule has 1 atom stereocenters. The van der Waals surface area contributed by atoms with Gasteiger partial charge in [0.2, 0.25) is 0 Å². The van der Waals surface area contributed by atoms with Crippen LogP contribution in [0.25, 0.3) is 11.2 Å². The first-order valence-corrected chi connectivity index (χ1v) is 9.87. The summed E-state index contributed by atoms with van der Waals surface area (Å²) in [6.07, 6.45) is 1.27. The monoisotopic (exact) mass is 403 g/mol. The maximum Gasteiger partial charge on any atom is 0.173 e. The highest BCUT2D eigenvalue weighted by Gasteiger charge is 2.18. The minimum Gasteiger partial charge on any atom is -0.489 e. The number of aromatic nitrogens is 4. The highest BCUT2D eigenvalue weighted by molar-refractivity contribution is 5.69. The van der Waals surface area contributed by atoms with Crippen LogP contribution in [0.2, 0.25) is 0 Å². The normalized spacial score (nSPS) is 13.1. The van der Waals surface area contributed by atoms with Crippen LogP contribution in [0.15, 0.2) is 60.9 Å². The van der Waals surface area contributed by atoms with Gasteiger partial charge in [-0.15, -0.1) is 0 Å². The Morgan fingerprint density at radius 3 is 2.60 bits per heavy atom. The first-order valence-electron chi connectivity index (χ1n) is 9.87. The fraction of sp³-hybridized carbons (Fsp3) is 0.261. The van der Waals surface area contributed by atoms with Crippen LogP contribution < -0.4 is 10.2 Å². The summed E-state index contributed by atoms with van der Waals surface area (Å²) in [5.41, 5.74) is 3.78. The van der Waals surface area contributed by atoms with E-state index >= 15 is 0 Å². The van der Waals surface area contributed by atoms with Gasteiger partial charge < -0.3 is 14.5 Å². The molecule has 0 amide bonds. The van der Waals surface area contributed by atoms with Gasteiger partial charge in [-0.05, 0) is 17.7 Å². The Hall–Kier alpha value is -3.45. The zero-order chi connectivity index (χ0) is 21.1. The van der Waals surface area contributed by atoms with Crippen molar-refractivity contribution in [1.82, 2.24) is 19.5 Å². The Morgan fingerprint density at radius 2 is 1.93 bits per heavy atom. The van der Waals surface area contributed by atoms with Gasteiger partial charge in [0.05, 0.1) is 0 Å². The van der Waals surface area contributed by atoms with Crippen LogP contribution in [-0.4, -0.2) is 26.6 Å². The number of benzene rings is 2. The molecule has 2 N–H and O–H groups in total. The van der Waals surface area contributed by atoms with Gasteiger partial charge in [0.1, 0.15) is 30.0 Å². The Balaban J connectivity index is 0.000000225. The second-order valence-electron chi connectivity index (χ2n) is 7.41. The van der Waals surface area contributed by atoms with Crippen LogP contribution in [0, 0.1) is 5.41 Å². The van der Waals surface area contributed by atoms with Crippen molar-refractivity contribution in [2.45, 2.75) is 32.6 Å². The average molecular weight is 403 g/mol. The molecule has 5 rings (SSSR count). The number of aromatic amines is 1. The summed E-state index contributed by atoms with van der Waals surface area (Å²) in [5.74, 6) is 2.09. The van der Waals surface area contributed by atoms with Crippen molar-refractivity contribution in [2.24, 2.45) is 0 Å². The van der Waals surface area contributed by atoms with Crippen LogP contribution in [-0.2, 0) is 11.3 Å². The molecular formula is C23H25N5O2. The Morgan fingerprint density at radius 1 is 1.13 bits per heavy atom. The molecule has 7 heteroatoms. The van der Waals surface area contributed by atoms with Crippen molar-refractivity contribution >= 4 is 11.2 Å². The number of rotatable bonds is 4. The molecule has 2 bridgehead atoms. The van der Waals surface area contributed by atoms with E-state index in [4.69, 9.17) is 14.9 Å². The van der Waals surface area contributed by atoms with E-state index in [9.17, 15) is 0 Å². The summed E-state index contributed by atoms with van der Waals surface area (Å²) in [7, 11) is 1.65. The third kappa shape index (κ3) is 3.97. The van der Waals surface area contributed by atoms with E-state index in [1.807, 2.05) is 47.0 Å². The lowest BCUT2D eigenvalue weighted by Gasteiger charge is -2.19. The highest BCUT2D eigenvalue weighted by Crippen LogP contribution is 2.23. The largest absolute Gasteiger partial charge is 0.489 e. The van der Waals surface area contributed by atoms with Gasteiger partial charge in [0.15, 0.2) is 17.4 Å². The molecule has 4 aromatic rings. The molecule has 0 aliphatic carbocycles. The maximum atomic E-state index is 7.98. The van der Waals surface area contributed by atoms with Crippen LogP contribution in [0.4, 0.5) is 0 Å².